The molecule has 1 heterocycles. The summed E-state index contributed by atoms with van der Waals surface area (Å²) in [5.74, 6) is 0.793. The van der Waals surface area contributed by atoms with Crippen molar-refractivity contribution in [1.29, 1.82) is 0 Å². The van der Waals surface area contributed by atoms with Crippen molar-refractivity contribution < 1.29 is 0 Å². The van der Waals surface area contributed by atoms with Crippen LogP contribution in [0.25, 0.3) is 0 Å². The van der Waals surface area contributed by atoms with Crippen molar-refractivity contribution in [2.24, 2.45) is 5.92 Å². The predicted molar refractivity (Wildman–Crippen MR) is 71.9 cm³/mol. The first-order chi connectivity index (χ1) is 7.49. The third-order valence-electron chi connectivity index (χ3n) is 2.72. The summed E-state index contributed by atoms with van der Waals surface area (Å²) in [5.41, 5.74) is 1.13. The van der Waals surface area contributed by atoms with E-state index in [-0.39, 0.29) is 0 Å². The minimum atomic E-state index is 0.376. The maximum absolute atomic E-state index is 4.51. The van der Waals surface area contributed by atoms with E-state index in [1.54, 1.807) is 11.3 Å². The van der Waals surface area contributed by atoms with Crippen LogP contribution in [0, 0.1) is 12.8 Å². The minimum Gasteiger partial charge on any atom is -0.306 e. The highest BCUT2D eigenvalue weighted by Crippen LogP contribution is 2.18. The van der Waals surface area contributed by atoms with Crippen LogP contribution in [0.5, 0.6) is 0 Å². The van der Waals surface area contributed by atoms with Crippen LogP contribution in [0.3, 0.4) is 0 Å². The molecule has 0 spiro atoms. The maximum Gasteiger partial charge on any atom is 0.110 e. The molecule has 0 aliphatic heterocycles. The first-order valence-corrected chi connectivity index (χ1v) is 7.05. The summed E-state index contributed by atoms with van der Waals surface area (Å²) in [5, 5.41) is 6.93. The number of nitrogens with zero attached hydrogens (tertiary/aromatic N) is 1. The quantitative estimate of drug-likeness (QED) is 0.815. The fourth-order valence-electron chi connectivity index (χ4n) is 1.74. The van der Waals surface area contributed by atoms with Crippen LogP contribution >= 0.6 is 11.3 Å². The van der Waals surface area contributed by atoms with E-state index in [0.717, 1.165) is 11.6 Å². The van der Waals surface area contributed by atoms with Gasteiger partial charge in [0.15, 0.2) is 0 Å². The fraction of sp³-hybridized carbons (Fsp3) is 0.769. The second-order valence-corrected chi connectivity index (χ2v) is 5.98. The monoisotopic (exact) mass is 240 g/mol. The van der Waals surface area contributed by atoms with Gasteiger partial charge >= 0.3 is 0 Å². The Hall–Kier alpha value is -0.410. The Morgan fingerprint density at radius 1 is 1.25 bits per heavy atom. The van der Waals surface area contributed by atoms with Crippen molar-refractivity contribution in [3.8, 4) is 0 Å². The van der Waals surface area contributed by atoms with Gasteiger partial charge < -0.3 is 5.32 Å². The highest BCUT2D eigenvalue weighted by Gasteiger charge is 2.12. The number of hydrogen-bond donors (Lipinski definition) is 1. The molecule has 0 bridgehead atoms. The highest BCUT2D eigenvalue weighted by molar-refractivity contribution is 7.09. The molecule has 0 saturated carbocycles. The summed E-state index contributed by atoms with van der Waals surface area (Å²) in [6, 6.07) is 0.947. The van der Waals surface area contributed by atoms with E-state index in [4.69, 9.17) is 0 Å². The molecule has 0 fully saturated rings. The molecule has 92 valence electrons. The van der Waals surface area contributed by atoms with Crippen molar-refractivity contribution in [3.63, 3.8) is 0 Å². The van der Waals surface area contributed by atoms with Gasteiger partial charge in [-0.1, -0.05) is 13.8 Å². The van der Waals surface area contributed by atoms with Gasteiger partial charge in [0.05, 0.1) is 6.04 Å². The Kier molecular flexibility index (Phi) is 5.42. The lowest BCUT2D eigenvalue weighted by atomic mass is 10.0. The lowest BCUT2D eigenvalue weighted by molar-refractivity contribution is 0.416. The molecule has 2 unspecified atom stereocenters. The smallest absolute Gasteiger partial charge is 0.110 e. The Morgan fingerprint density at radius 3 is 2.44 bits per heavy atom. The summed E-state index contributed by atoms with van der Waals surface area (Å²) in [7, 11) is 0. The van der Waals surface area contributed by atoms with Crippen LogP contribution in [-0.2, 0) is 0 Å². The Morgan fingerprint density at radius 2 is 1.94 bits per heavy atom. The second-order valence-electron chi connectivity index (χ2n) is 5.09. The maximum atomic E-state index is 4.51. The summed E-state index contributed by atoms with van der Waals surface area (Å²) in [4.78, 5) is 4.51. The number of aromatic nitrogens is 1. The molecule has 2 atom stereocenters. The van der Waals surface area contributed by atoms with E-state index in [9.17, 15) is 0 Å². The third kappa shape index (κ3) is 4.62. The summed E-state index contributed by atoms with van der Waals surface area (Å²) in [6.07, 6.45) is 2.53. The van der Waals surface area contributed by atoms with Crippen LogP contribution in [0.4, 0.5) is 0 Å². The SMILES string of the molecule is Cc1csc(C(C)NC(C)CCC(C)C)n1. The van der Waals surface area contributed by atoms with Crippen LogP contribution in [-0.4, -0.2) is 11.0 Å². The fourth-order valence-corrected chi connectivity index (χ4v) is 2.55. The molecule has 3 heteroatoms. The molecule has 0 amide bonds. The molecule has 0 aliphatic carbocycles. The van der Waals surface area contributed by atoms with Gasteiger partial charge in [-0.05, 0) is 39.5 Å². The van der Waals surface area contributed by atoms with E-state index in [1.165, 1.54) is 17.8 Å². The zero-order chi connectivity index (χ0) is 12.1. The van der Waals surface area contributed by atoms with Gasteiger partial charge in [-0.3, -0.25) is 0 Å². The average Bonchev–Trinajstić information content (AvgIpc) is 2.62. The van der Waals surface area contributed by atoms with Gasteiger partial charge in [-0.15, -0.1) is 11.3 Å². The normalized spacial score (nSPS) is 15.4. The van der Waals surface area contributed by atoms with Gasteiger partial charge in [0.25, 0.3) is 0 Å². The van der Waals surface area contributed by atoms with E-state index >= 15 is 0 Å². The van der Waals surface area contributed by atoms with E-state index in [0.29, 0.717) is 12.1 Å². The van der Waals surface area contributed by atoms with Gasteiger partial charge in [0.1, 0.15) is 5.01 Å². The third-order valence-corrected chi connectivity index (χ3v) is 3.86. The van der Waals surface area contributed by atoms with Crippen molar-refractivity contribution in [2.75, 3.05) is 0 Å². The second kappa shape index (κ2) is 6.36. The average molecular weight is 240 g/mol. The highest BCUT2D eigenvalue weighted by atomic mass is 32.1. The Bertz CT molecular complexity index is 307. The predicted octanol–water partition coefficient (Wildman–Crippen LogP) is 3.93. The van der Waals surface area contributed by atoms with Crippen molar-refractivity contribution in [3.05, 3.63) is 16.1 Å². The lowest BCUT2D eigenvalue weighted by Crippen LogP contribution is -2.29. The van der Waals surface area contributed by atoms with Crippen LogP contribution < -0.4 is 5.32 Å². The molecule has 1 N–H and O–H groups in total. The topological polar surface area (TPSA) is 24.9 Å². The molecular weight excluding hydrogens is 216 g/mol. The number of nitrogens with one attached hydrogen (secondary N) is 1. The molecule has 0 aliphatic rings. The Labute approximate surface area is 103 Å². The molecule has 1 aromatic heterocycles. The Balaban J connectivity index is 2.36. The standard InChI is InChI=1S/C13H24N2S/c1-9(2)6-7-10(3)14-12(5)13-15-11(4)8-16-13/h8-10,12,14H,6-7H2,1-5H3. The van der Waals surface area contributed by atoms with E-state index < -0.39 is 0 Å². The zero-order valence-corrected chi connectivity index (χ0v) is 11.9. The van der Waals surface area contributed by atoms with E-state index in [1.807, 2.05) is 0 Å². The largest absolute Gasteiger partial charge is 0.306 e. The molecule has 16 heavy (non-hydrogen) atoms. The van der Waals surface area contributed by atoms with Gasteiger partial charge in [-0.25, -0.2) is 4.98 Å². The van der Waals surface area contributed by atoms with Crippen molar-refractivity contribution in [1.82, 2.24) is 10.3 Å². The number of rotatable bonds is 6. The first kappa shape index (κ1) is 13.7. The summed E-state index contributed by atoms with van der Waals surface area (Å²) < 4.78 is 0. The first-order valence-electron chi connectivity index (χ1n) is 6.17. The molecule has 0 aromatic carbocycles. The molecule has 0 saturated heterocycles. The molecular formula is C13H24N2S. The molecule has 0 radical (unpaired) electrons. The molecule has 2 nitrogen and oxygen atoms in total. The number of thiazole rings is 1. The van der Waals surface area contributed by atoms with Crippen LogP contribution in [0.2, 0.25) is 0 Å². The minimum absolute atomic E-state index is 0.376. The van der Waals surface area contributed by atoms with Crippen LogP contribution in [0.15, 0.2) is 5.38 Å². The van der Waals surface area contributed by atoms with Crippen LogP contribution in [0.1, 0.15) is 57.3 Å². The zero-order valence-electron chi connectivity index (χ0n) is 11.1. The van der Waals surface area contributed by atoms with Crippen molar-refractivity contribution in [2.45, 2.75) is 59.5 Å². The van der Waals surface area contributed by atoms with Gasteiger partial charge in [-0.2, -0.15) is 0 Å². The van der Waals surface area contributed by atoms with Crippen molar-refractivity contribution >= 4 is 11.3 Å². The summed E-state index contributed by atoms with van der Waals surface area (Å²) >= 11 is 1.75. The van der Waals surface area contributed by atoms with E-state index in [2.05, 4.69) is 50.3 Å². The number of hydrogen-bond acceptors (Lipinski definition) is 3. The lowest BCUT2D eigenvalue weighted by Gasteiger charge is -2.19. The van der Waals surface area contributed by atoms with Gasteiger partial charge in [0.2, 0.25) is 0 Å². The molecule has 1 rings (SSSR count). The number of aryl methyl sites for hydroxylation is 1. The molecule has 1 aromatic rings. The summed E-state index contributed by atoms with van der Waals surface area (Å²) in [6.45, 7) is 11.1. The van der Waals surface area contributed by atoms with Gasteiger partial charge in [0, 0.05) is 17.1 Å².